The van der Waals surface area contributed by atoms with E-state index in [1.807, 2.05) is 24.3 Å². The molecule has 2 radical (unpaired) electrons. The van der Waals surface area contributed by atoms with Crippen molar-refractivity contribution in [3.8, 4) is 11.1 Å². The van der Waals surface area contributed by atoms with E-state index in [2.05, 4.69) is 12.1 Å². The molecule has 0 N–H and O–H groups in total. The van der Waals surface area contributed by atoms with E-state index in [0.29, 0.717) is 45.2 Å². The van der Waals surface area contributed by atoms with Crippen LogP contribution in [0, 0.1) is 0 Å². The molecule has 0 saturated heterocycles. The molecule has 0 amide bonds. The van der Waals surface area contributed by atoms with E-state index in [1.54, 1.807) is 14.2 Å². The zero-order valence-electron chi connectivity index (χ0n) is 17.8. The minimum absolute atomic E-state index is 0.334. The van der Waals surface area contributed by atoms with Gasteiger partial charge in [-0.1, -0.05) is 35.8 Å². The van der Waals surface area contributed by atoms with Gasteiger partial charge >= 0.3 is 0 Å². The van der Waals surface area contributed by atoms with Crippen LogP contribution in [0.1, 0.15) is 34.3 Å². The predicted molar refractivity (Wildman–Crippen MR) is 118 cm³/mol. The summed E-state index contributed by atoms with van der Waals surface area (Å²) < 4.78 is 21.8. The molecule has 0 saturated carbocycles. The van der Waals surface area contributed by atoms with Gasteiger partial charge in [-0.15, -0.1) is 0 Å². The molecular weight excluding hydrogens is 379 g/mol. The summed E-state index contributed by atoms with van der Waals surface area (Å²) in [6.07, 6.45) is 2.42. The van der Waals surface area contributed by atoms with Gasteiger partial charge in [-0.3, -0.25) is 4.79 Å². The molecule has 0 spiro atoms. The van der Waals surface area contributed by atoms with Crippen molar-refractivity contribution in [2.24, 2.45) is 0 Å². The lowest BCUT2D eigenvalue weighted by molar-refractivity contribution is 0.0491. The lowest BCUT2D eigenvalue weighted by Gasteiger charge is -2.33. The van der Waals surface area contributed by atoms with Gasteiger partial charge in [0.2, 0.25) is 0 Å². The number of hydrogen-bond donors (Lipinski definition) is 0. The second kappa shape index (κ2) is 10.9. The van der Waals surface area contributed by atoms with E-state index < -0.39 is 0 Å². The van der Waals surface area contributed by atoms with Crippen molar-refractivity contribution < 1.29 is 23.7 Å². The van der Waals surface area contributed by atoms with Gasteiger partial charge in [-0.2, -0.15) is 0 Å². The Morgan fingerprint density at radius 3 is 1.93 bits per heavy atom. The second-order valence-electron chi connectivity index (χ2n) is 7.52. The molecule has 0 heterocycles. The summed E-state index contributed by atoms with van der Waals surface area (Å²) in [4.78, 5) is 11.5. The van der Waals surface area contributed by atoms with Crippen molar-refractivity contribution in [1.29, 1.82) is 0 Å². The number of fused-ring (bicyclic) bond motifs is 3. The molecule has 0 fully saturated rings. The lowest BCUT2D eigenvalue weighted by atomic mass is 9.72. The molecule has 1 aliphatic rings. The van der Waals surface area contributed by atoms with Crippen molar-refractivity contribution in [3.63, 3.8) is 0 Å². The van der Waals surface area contributed by atoms with Crippen LogP contribution in [0.25, 0.3) is 11.1 Å². The fourth-order valence-electron chi connectivity index (χ4n) is 4.25. The van der Waals surface area contributed by atoms with E-state index in [1.165, 1.54) is 5.56 Å². The van der Waals surface area contributed by atoms with Gasteiger partial charge in [0.25, 0.3) is 0 Å². The maximum atomic E-state index is 11.5. The summed E-state index contributed by atoms with van der Waals surface area (Å²) in [5.74, 6) is 0. The lowest BCUT2D eigenvalue weighted by Crippen LogP contribution is -2.30. The van der Waals surface area contributed by atoms with E-state index in [9.17, 15) is 4.79 Å². The van der Waals surface area contributed by atoms with Crippen molar-refractivity contribution >= 4 is 19.6 Å². The number of carbonyl (C=O) groups excluding carboxylic acids is 1. The molecule has 3 rings (SSSR count). The van der Waals surface area contributed by atoms with Crippen LogP contribution >= 0.6 is 0 Å². The molecule has 2 aromatic rings. The first-order valence-electron chi connectivity index (χ1n) is 10.3. The van der Waals surface area contributed by atoms with Gasteiger partial charge in [-0.25, -0.2) is 0 Å². The molecule has 0 aromatic heterocycles. The van der Waals surface area contributed by atoms with Crippen LogP contribution in [0.4, 0.5) is 0 Å². The average Bonchev–Trinajstić information content (AvgIpc) is 3.02. The Labute approximate surface area is 180 Å². The summed E-state index contributed by atoms with van der Waals surface area (Å²) >= 11 is 0. The van der Waals surface area contributed by atoms with E-state index in [-0.39, 0.29) is 5.41 Å². The number of aldehydes is 1. The number of hydrogen-bond acceptors (Lipinski definition) is 5. The largest absolute Gasteiger partial charge is 0.382 e. The molecule has 0 atom stereocenters. The van der Waals surface area contributed by atoms with Gasteiger partial charge < -0.3 is 18.9 Å². The Morgan fingerprint density at radius 2 is 1.37 bits per heavy atom. The first-order valence-corrected chi connectivity index (χ1v) is 10.3. The maximum absolute atomic E-state index is 11.5. The average molecular weight is 408 g/mol. The highest BCUT2D eigenvalue weighted by Gasteiger charge is 2.42. The van der Waals surface area contributed by atoms with Crippen LogP contribution in [0.15, 0.2) is 36.4 Å². The highest BCUT2D eigenvalue weighted by atomic mass is 16.5. The number of benzene rings is 2. The quantitative estimate of drug-likeness (QED) is 0.290. The van der Waals surface area contributed by atoms with Crippen LogP contribution in [-0.2, 0) is 24.4 Å². The highest BCUT2D eigenvalue weighted by molar-refractivity contribution is 6.32. The SMILES string of the molecule is [B]c1ccc2c(c1)C(CCOCCOC)(CCOCCOC)c1cc(C=O)ccc1-2. The Kier molecular flexibility index (Phi) is 8.22. The molecule has 5 nitrogen and oxygen atoms in total. The standard InChI is InChI=1S/C24H29BO5/c1-27-11-13-29-9-7-24(8-10-30-14-12-28-2)22-15-18(17-26)3-5-20(22)21-6-4-19(25)16-23(21)24/h3-6,15-17H,7-14H2,1-2H3. The zero-order chi connectivity index (χ0) is 21.4. The second-order valence-corrected chi connectivity index (χ2v) is 7.52. The third-order valence-electron chi connectivity index (χ3n) is 5.75. The normalized spacial score (nSPS) is 13.8. The Morgan fingerprint density at radius 1 is 0.800 bits per heavy atom. The van der Waals surface area contributed by atoms with Gasteiger partial charge in [-0.05, 0) is 41.2 Å². The third-order valence-corrected chi connectivity index (χ3v) is 5.75. The fraction of sp³-hybridized carbons (Fsp3) is 0.458. The molecule has 2 aromatic carbocycles. The third kappa shape index (κ3) is 4.84. The fourth-order valence-corrected chi connectivity index (χ4v) is 4.25. The first-order chi connectivity index (χ1) is 14.7. The van der Waals surface area contributed by atoms with Gasteiger partial charge in [0.1, 0.15) is 14.1 Å². The Hall–Kier alpha value is -1.99. The minimum Gasteiger partial charge on any atom is -0.382 e. The Balaban J connectivity index is 1.97. The maximum Gasteiger partial charge on any atom is 0.150 e. The van der Waals surface area contributed by atoms with Crippen LogP contribution in [0.3, 0.4) is 0 Å². The summed E-state index contributed by atoms with van der Waals surface area (Å²) in [5, 5.41) is 0. The van der Waals surface area contributed by atoms with Crippen molar-refractivity contribution in [1.82, 2.24) is 0 Å². The summed E-state index contributed by atoms with van der Waals surface area (Å²) in [6, 6.07) is 12.0. The van der Waals surface area contributed by atoms with Crippen molar-refractivity contribution in [3.05, 3.63) is 53.1 Å². The molecule has 30 heavy (non-hydrogen) atoms. The molecule has 6 heteroatoms. The summed E-state index contributed by atoms with van der Waals surface area (Å²) in [6.45, 7) is 3.34. The smallest absolute Gasteiger partial charge is 0.150 e. The summed E-state index contributed by atoms with van der Waals surface area (Å²) in [5.41, 5.74) is 5.67. The van der Waals surface area contributed by atoms with Crippen LogP contribution < -0.4 is 5.46 Å². The Bertz CT molecular complexity index is 837. The highest BCUT2D eigenvalue weighted by Crippen LogP contribution is 2.52. The molecule has 158 valence electrons. The number of carbonyl (C=O) groups is 1. The molecule has 0 aliphatic heterocycles. The number of ether oxygens (including phenoxy) is 4. The zero-order valence-corrected chi connectivity index (χ0v) is 17.8. The summed E-state index contributed by atoms with van der Waals surface area (Å²) in [7, 11) is 9.50. The number of methoxy groups -OCH3 is 2. The van der Waals surface area contributed by atoms with E-state index >= 15 is 0 Å². The van der Waals surface area contributed by atoms with Crippen LogP contribution in [-0.4, -0.2) is 68.0 Å². The van der Waals surface area contributed by atoms with Crippen LogP contribution in [0.2, 0.25) is 0 Å². The minimum atomic E-state index is -0.334. The van der Waals surface area contributed by atoms with E-state index in [0.717, 1.165) is 41.3 Å². The predicted octanol–water partition coefficient (Wildman–Crippen LogP) is 2.67. The first kappa shape index (κ1) is 22.7. The van der Waals surface area contributed by atoms with Crippen LogP contribution in [0.5, 0.6) is 0 Å². The molecule has 0 unspecified atom stereocenters. The molecule has 1 aliphatic carbocycles. The molecule has 0 bridgehead atoms. The van der Waals surface area contributed by atoms with Gasteiger partial charge in [0, 0.05) is 38.4 Å². The van der Waals surface area contributed by atoms with Crippen molar-refractivity contribution in [2.75, 3.05) is 53.9 Å². The van der Waals surface area contributed by atoms with Gasteiger partial charge in [0.05, 0.1) is 26.4 Å². The van der Waals surface area contributed by atoms with Gasteiger partial charge in [0.15, 0.2) is 0 Å². The van der Waals surface area contributed by atoms with Crippen molar-refractivity contribution in [2.45, 2.75) is 18.3 Å². The number of rotatable bonds is 13. The molecular formula is C24H29BO5. The topological polar surface area (TPSA) is 54.0 Å². The monoisotopic (exact) mass is 408 g/mol. The van der Waals surface area contributed by atoms with E-state index in [4.69, 9.17) is 26.8 Å².